The summed E-state index contributed by atoms with van der Waals surface area (Å²) in [5.41, 5.74) is -0.333. The molecule has 0 aromatic carbocycles. The molecule has 1 aliphatic rings. The van der Waals surface area contributed by atoms with Gasteiger partial charge in [-0.2, -0.15) is 0 Å². The fourth-order valence-electron chi connectivity index (χ4n) is 1.78. The van der Waals surface area contributed by atoms with Crippen LogP contribution in [0, 0.1) is 5.92 Å². The first-order valence-corrected chi connectivity index (χ1v) is 4.40. The summed E-state index contributed by atoms with van der Waals surface area (Å²) in [5, 5.41) is 8.65. The molecule has 1 heterocycles. The first kappa shape index (κ1) is 9.52. The number of ether oxygens (including phenoxy) is 1. The van der Waals surface area contributed by atoms with Crippen LogP contribution in [-0.2, 0) is 9.53 Å². The summed E-state index contributed by atoms with van der Waals surface area (Å²) < 4.78 is 5.36. The molecule has 0 amide bonds. The highest BCUT2D eigenvalue weighted by Crippen LogP contribution is 2.36. The Labute approximate surface area is 72.7 Å². The second kappa shape index (κ2) is 3.44. The smallest absolute Gasteiger partial charge is 0.306 e. The summed E-state index contributed by atoms with van der Waals surface area (Å²) in [6, 6.07) is 0. The summed E-state index contributed by atoms with van der Waals surface area (Å²) >= 11 is 0. The Hall–Kier alpha value is -0.570. The van der Waals surface area contributed by atoms with E-state index in [9.17, 15) is 4.79 Å². The number of aliphatic carboxylic acids is 1. The molecule has 1 N–H and O–H groups in total. The first-order chi connectivity index (χ1) is 5.54. The van der Waals surface area contributed by atoms with Crippen LogP contribution in [0.2, 0.25) is 0 Å². The van der Waals surface area contributed by atoms with E-state index in [2.05, 4.69) is 13.8 Å². The molecule has 0 spiro atoms. The van der Waals surface area contributed by atoms with Gasteiger partial charge in [0.25, 0.3) is 0 Å². The molecule has 0 aliphatic carbocycles. The maximum Gasteiger partial charge on any atom is 0.306 e. The van der Waals surface area contributed by atoms with Gasteiger partial charge >= 0.3 is 5.97 Å². The molecule has 0 aromatic rings. The Bertz CT molecular complexity index is 171. The van der Waals surface area contributed by atoms with Crippen molar-refractivity contribution in [3.63, 3.8) is 0 Å². The van der Waals surface area contributed by atoms with Gasteiger partial charge in [0.2, 0.25) is 0 Å². The van der Waals surface area contributed by atoms with Gasteiger partial charge in [0.05, 0.1) is 18.6 Å². The molecule has 1 fully saturated rings. The average molecular weight is 172 g/mol. The predicted molar refractivity (Wildman–Crippen MR) is 45.0 cm³/mol. The summed E-state index contributed by atoms with van der Waals surface area (Å²) in [4.78, 5) is 10.5. The number of rotatable bonds is 4. The minimum Gasteiger partial charge on any atom is -0.481 e. The van der Waals surface area contributed by atoms with E-state index < -0.39 is 5.97 Å². The fraction of sp³-hybridized carbons (Fsp3) is 0.889. The average Bonchev–Trinajstić information content (AvgIpc) is 1.80. The van der Waals surface area contributed by atoms with Crippen molar-refractivity contribution in [3.05, 3.63) is 0 Å². The van der Waals surface area contributed by atoms with Crippen molar-refractivity contribution in [2.45, 2.75) is 38.7 Å². The molecule has 3 nitrogen and oxygen atoms in total. The van der Waals surface area contributed by atoms with Crippen LogP contribution in [0.1, 0.15) is 33.1 Å². The zero-order valence-corrected chi connectivity index (χ0v) is 7.67. The number of carbonyl (C=O) groups is 1. The van der Waals surface area contributed by atoms with Crippen LogP contribution in [0.25, 0.3) is 0 Å². The summed E-state index contributed by atoms with van der Waals surface area (Å²) in [6.07, 6.45) is 1.92. The highest BCUT2D eigenvalue weighted by molar-refractivity contribution is 5.68. The van der Waals surface area contributed by atoms with Crippen molar-refractivity contribution in [3.8, 4) is 0 Å². The van der Waals surface area contributed by atoms with Crippen LogP contribution in [0.3, 0.4) is 0 Å². The van der Waals surface area contributed by atoms with E-state index in [0.717, 1.165) is 19.4 Å². The van der Waals surface area contributed by atoms with Gasteiger partial charge in [0.15, 0.2) is 0 Å². The predicted octanol–water partition coefficient (Wildman–Crippen LogP) is 1.67. The maximum atomic E-state index is 10.5. The Morgan fingerprint density at radius 2 is 2.25 bits per heavy atom. The van der Waals surface area contributed by atoms with Crippen molar-refractivity contribution < 1.29 is 14.6 Å². The van der Waals surface area contributed by atoms with Crippen LogP contribution in [0.5, 0.6) is 0 Å². The lowest BCUT2D eigenvalue weighted by Crippen LogP contribution is -2.46. The van der Waals surface area contributed by atoms with E-state index in [1.165, 1.54) is 0 Å². The molecular weight excluding hydrogens is 156 g/mol. The molecule has 1 atom stereocenters. The van der Waals surface area contributed by atoms with E-state index in [0.29, 0.717) is 5.92 Å². The van der Waals surface area contributed by atoms with Crippen molar-refractivity contribution in [2.24, 2.45) is 5.92 Å². The molecule has 0 bridgehead atoms. The Morgan fingerprint density at radius 1 is 1.67 bits per heavy atom. The Kier molecular flexibility index (Phi) is 2.73. The van der Waals surface area contributed by atoms with Crippen LogP contribution in [0.15, 0.2) is 0 Å². The quantitative estimate of drug-likeness (QED) is 0.701. The monoisotopic (exact) mass is 172 g/mol. The fourth-order valence-corrected chi connectivity index (χ4v) is 1.78. The number of hydrogen-bond acceptors (Lipinski definition) is 2. The molecule has 1 saturated heterocycles. The third-order valence-electron chi connectivity index (χ3n) is 2.22. The van der Waals surface area contributed by atoms with E-state index >= 15 is 0 Å². The van der Waals surface area contributed by atoms with Crippen molar-refractivity contribution >= 4 is 5.97 Å². The molecule has 0 aromatic heterocycles. The standard InChI is InChI=1S/C9H16O3/c1-7(2)5-9(3-4-12-9)6-8(10)11/h7H,3-6H2,1-2H3,(H,10,11). The van der Waals surface area contributed by atoms with Gasteiger partial charge in [-0.25, -0.2) is 0 Å². The third kappa shape index (κ3) is 2.21. The van der Waals surface area contributed by atoms with E-state index in [1.807, 2.05) is 0 Å². The molecule has 0 saturated carbocycles. The van der Waals surface area contributed by atoms with Gasteiger partial charge in [-0.15, -0.1) is 0 Å². The first-order valence-electron chi connectivity index (χ1n) is 4.40. The normalized spacial score (nSPS) is 28.6. The van der Waals surface area contributed by atoms with Crippen LogP contribution in [0.4, 0.5) is 0 Å². The SMILES string of the molecule is CC(C)CC1(CC(=O)O)CCO1. The number of hydrogen-bond donors (Lipinski definition) is 1. The topological polar surface area (TPSA) is 46.5 Å². The molecule has 1 unspecified atom stereocenters. The molecule has 1 aliphatic heterocycles. The van der Waals surface area contributed by atoms with Gasteiger partial charge in [-0.05, 0) is 12.3 Å². The van der Waals surface area contributed by atoms with E-state index in [-0.39, 0.29) is 12.0 Å². The van der Waals surface area contributed by atoms with Gasteiger partial charge in [-0.3, -0.25) is 4.79 Å². The van der Waals surface area contributed by atoms with Gasteiger partial charge in [0, 0.05) is 6.42 Å². The second-order valence-electron chi connectivity index (χ2n) is 3.95. The second-order valence-corrected chi connectivity index (χ2v) is 3.95. The Balaban J connectivity index is 2.45. The minimum atomic E-state index is -0.754. The van der Waals surface area contributed by atoms with Crippen LogP contribution >= 0.6 is 0 Å². The zero-order chi connectivity index (χ0) is 9.19. The highest BCUT2D eigenvalue weighted by Gasteiger charge is 2.40. The number of carboxylic acid groups (broad SMARTS) is 1. The molecule has 12 heavy (non-hydrogen) atoms. The lowest BCUT2D eigenvalue weighted by molar-refractivity contribution is -0.177. The lowest BCUT2D eigenvalue weighted by atomic mass is 9.83. The minimum absolute atomic E-state index is 0.158. The summed E-state index contributed by atoms with van der Waals surface area (Å²) in [5.74, 6) is -0.250. The third-order valence-corrected chi connectivity index (χ3v) is 2.22. The van der Waals surface area contributed by atoms with E-state index in [4.69, 9.17) is 9.84 Å². The molecular formula is C9H16O3. The lowest BCUT2D eigenvalue weighted by Gasteiger charge is -2.42. The van der Waals surface area contributed by atoms with Gasteiger partial charge < -0.3 is 9.84 Å². The van der Waals surface area contributed by atoms with Crippen molar-refractivity contribution in [2.75, 3.05) is 6.61 Å². The van der Waals surface area contributed by atoms with Crippen molar-refractivity contribution in [1.82, 2.24) is 0 Å². The zero-order valence-electron chi connectivity index (χ0n) is 7.67. The molecule has 0 radical (unpaired) electrons. The number of carboxylic acids is 1. The van der Waals surface area contributed by atoms with Crippen LogP contribution in [-0.4, -0.2) is 23.3 Å². The largest absolute Gasteiger partial charge is 0.481 e. The molecule has 70 valence electrons. The Morgan fingerprint density at radius 3 is 2.50 bits per heavy atom. The maximum absolute atomic E-state index is 10.5. The van der Waals surface area contributed by atoms with Crippen molar-refractivity contribution in [1.29, 1.82) is 0 Å². The summed E-state index contributed by atoms with van der Waals surface area (Å²) in [6.45, 7) is 4.90. The van der Waals surface area contributed by atoms with E-state index in [1.54, 1.807) is 0 Å². The molecule has 3 heteroatoms. The van der Waals surface area contributed by atoms with Gasteiger partial charge in [-0.1, -0.05) is 13.8 Å². The van der Waals surface area contributed by atoms with Gasteiger partial charge in [0.1, 0.15) is 0 Å². The highest BCUT2D eigenvalue weighted by atomic mass is 16.5. The molecule has 1 rings (SSSR count). The van der Waals surface area contributed by atoms with Crippen LogP contribution < -0.4 is 0 Å². The summed E-state index contributed by atoms with van der Waals surface area (Å²) in [7, 11) is 0.